The van der Waals surface area contributed by atoms with Crippen molar-refractivity contribution in [3.63, 3.8) is 0 Å². The Bertz CT molecular complexity index is 1040. The number of ether oxygens (including phenoxy) is 1. The molecule has 1 heterocycles. The van der Waals surface area contributed by atoms with Crippen molar-refractivity contribution in [3.8, 4) is 5.75 Å². The normalized spacial score (nSPS) is 26.4. The third-order valence-electron chi connectivity index (χ3n) is 6.30. The van der Waals surface area contributed by atoms with Crippen LogP contribution in [0.2, 0.25) is 5.02 Å². The molecule has 1 atom stereocenters. The average molecular weight is 466 g/mol. The molecule has 5 rings (SSSR count). The Morgan fingerprint density at radius 3 is 2.56 bits per heavy atom. The predicted octanol–water partition coefficient (Wildman–Crippen LogP) is 2.75. The summed E-state index contributed by atoms with van der Waals surface area (Å²) in [5.41, 5.74) is -1.50. The quantitative estimate of drug-likeness (QED) is 0.609. The second-order valence-electron chi connectivity index (χ2n) is 8.38. The number of hydrogen-bond acceptors (Lipinski definition) is 5. The van der Waals surface area contributed by atoms with Gasteiger partial charge < -0.3 is 20.5 Å². The van der Waals surface area contributed by atoms with E-state index in [0.717, 1.165) is 18.2 Å². The monoisotopic (exact) mass is 465 g/mol. The lowest BCUT2D eigenvalue weighted by Gasteiger charge is -2.56. The van der Waals surface area contributed by atoms with E-state index in [1.807, 2.05) is 0 Å². The van der Waals surface area contributed by atoms with Crippen molar-refractivity contribution in [2.75, 3.05) is 6.61 Å². The van der Waals surface area contributed by atoms with Gasteiger partial charge in [0.1, 0.15) is 23.1 Å². The third-order valence-corrected chi connectivity index (χ3v) is 6.61. The van der Waals surface area contributed by atoms with E-state index < -0.39 is 40.6 Å². The molecular weight excluding hydrogens is 444 g/mol. The summed E-state index contributed by atoms with van der Waals surface area (Å²) in [6.45, 7) is -0.345. The highest BCUT2D eigenvalue weighted by Crippen LogP contribution is 2.47. The van der Waals surface area contributed by atoms with Crippen molar-refractivity contribution >= 4 is 23.4 Å². The number of hydrogen-bond donors (Lipinski definition) is 3. The van der Waals surface area contributed by atoms with E-state index in [2.05, 4.69) is 15.6 Å². The predicted molar refractivity (Wildman–Crippen MR) is 111 cm³/mol. The molecule has 1 aromatic carbocycles. The number of aromatic nitrogens is 1. The SMILES string of the molecule is O=C(COc1ccc(Cl)c(F)c1)NC12CCC(NC(=O)c3cc(F)ccn3)(CC1)C[C@@H]2O. The van der Waals surface area contributed by atoms with Gasteiger partial charge in [-0.3, -0.25) is 14.6 Å². The van der Waals surface area contributed by atoms with Crippen LogP contribution in [0, 0.1) is 11.6 Å². The van der Waals surface area contributed by atoms with Gasteiger partial charge in [0.25, 0.3) is 11.8 Å². The molecule has 2 amide bonds. The minimum atomic E-state index is -0.886. The molecule has 32 heavy (non-hydrogen) atoms. The van der Waals surface area contributed by atoms with Crippen LogP contribution in [0.25, 0.3) is 0 Å². The van der Waals surface area contributed by atoms with Crippen molar-refractivity contribution in [2.45, 2.75) is 49.3 Å². The van der Waals surface area contributed by atoms with Crippen molar-refractivity contribution in [3.05, 3.63) is 58.9 Å². The third kappa shape index (κ3) is 4.54. The van der Waals surface area contributed by atoms with Gasteiger partial charge in [-0.05, 0) is 50.3 Å². The zero-order valence-corrected chi connectivity index (χ0v) is 17.8. The number of amides is 2. The highest BCUT2D eigenvalue weighted by molar-refractivity contribution is 6.30. The van der Waals surface area contributed by atoms with Gasteiger partial charge in [-0.2, -0.15) is 0 Å². The van der Waals surface area contributed by atoms with E-state index in [9.17, 15) is 23.5 Å². The Morgan fingerprint density at radius 2 is 1.91 bits per heavy atom. The molecule has 1 aromatic heterocycles. The molecule has 2 bridgehead atoms. The number of halogens is 3. The van der Waals surface area contributed by atoms with E-state index in [-0.39, 0.29) is 29.5 Å². The second kappa shape index (κ2) is 8.63. The molecule has 0 saturated heterocycles. The van der Waals surface area contributed by atoms with Gasteiger partial charge in [-0.1, -0.05) is 11.6 Å². The summed E-state index contributed by atoms with van der Waals surface area (Å²) in [6, 6.07) is 6.10. The molecule has 7 nitrogen and oxygen atoms in total. The maximum absolute atomic E-state index is 13.5. The van der Waals surface area contributed by atoms with Crippen LogP contribution in [0.1, 0.15) is 42.6 Å². The summed E-state index contributed by atoms with van der Waals surface area (Å²) < 4.78 is 32.2. The van der Waals surface area contributed by atoms with Crippen LogP contribution in [0.5, 0.6) is 5.75 Å². The first-order valence-corrected chi connectivity index (χ1v) is 10.6. The van der Waals surface area contributed by atoms with E-state index >= 15 is 0 Å². The van der Waals surface area contributed by atoms with Gasteiger partial charge >= 0.3 is 0 Å². The number of nitrogens with zero attached hydrogens (tertiary/aromatic N) is 1. The molecule has 10 heteroatoms. The fourth-order valence-corrected chi connectivity index (χ4v) is 4.64. The molecule has 170 valence electrons. The number of aliphatic hydroxyl groups is 1. The lowest BCUT2D eigenvalue weighted by molar-refractivity contribution is -0.132. The first kappa shape index (κ1) is 22.4. The second-order valence-corrected chi connectivity index (χ2v) is 8.79. The molecule has 3 saturated carbocycles. The van der Waals surface area contributed by atoms with Crippen LogP contribution < -0.4 is 15.4 Å². The Balaban J connectivity index is 1.35. The molecule has 3 aliphatic rings. The maximum Gasteiger partial charge on any atom is 0.270 e. The minimum Gasteiger partial charge on any atom is -0.484 e. The molecule has 3 fully saturated rings. The summed E-state index contributed by atoms with van der Waals surface area (Å²) in [4.78, 5) is 28.9. The van der Waals surface area contributed by atoms with E-state index in [4.69, 9.17) is 16.3 Å². The summed E-state index contributed by atoms with van der Waals surface area (Å²) >= 11 is 5.63. The number of rotatable bonds is 6. The van der Waals surface area contributed by atoms with Crippen LogP contribution in [-0.4, -0.2) is 45.7 Å². The Morgan fingerprint density at radius 1 is 1.16 bits per heavy atom. The number of nitrogens with one attached hydrogen (secondary N) is 2. The van der Waals surface area contributed by atoms with E-state index in [1.54, 1.807) is 0 Å². The maximum atomic E-state index is 13.5. The first-order chi connectivity index (χ1) is 15.2. The molecule has 0 aliphatic heterocycles. The molecular formula is C22H22ClF2N3O4. The molecule has 0 unspecified atom stereocenters. The topological polar surface area (TPSA) is 101 Å². The lowest BCUT2D eigenvalue weighted by Crippen LogP contribution is -2.70. The zero-order valence-electron chi connectivity index (χ0n) is 17.0. The number of pyridine rings is 1. The Hall–Kier alpha value is -2.78. The van der Waals surface area contributed by atoms with Crippen LogP contribution in [0.4, 0.5) is 8.78 Å². The van der Waals surface area contributed by atoms with Crippen LogP contribution >= 0.6 is 11.6 Å². The van der Waals surface area contributed by atoms with Crippen LogP contribution in [0.15, 0.2) is 36.5 Å². The standard InChI is InChI=1S/C22H22ClF2N3O4/c23-15-2-1-14(10-16(15)25)32-12-19(30)27-22-6-4-21(5-7-22,11-18(22)29)28-20(31)17-9-13(24)3-8-26-17/h1-3,8-10,18,29H,4-7,11-12H2,(H,27,30)(H,28,31)/t18-,21?,22?/m0/s1. The summed E-state index contributed by atoms with van der Waals surface area (Å²) in [6.07, 6.45) is 2.56. The summed E-state index contributed by atoms with van der Waals surface area (Å²) in [5.74, 6) is -1.98. The number of carbonyl (C=O) groups is 2. The summed E-state index contributed by atoms with van der Waals surface area (Å²) in [5, 5.41) is 16.5. The van der Waals surface area contributed by atoms with Crippen molar-refractivity contribution in [2.24, 2.45) is 0 Å². The fraction of sp³-hybridized carbons (Fsp3) is 0.409. The highest BCUT2D eigenvalue weighted by atomic mass is 35.5. The van der Waals surface area contributed by atoms with Crippen molar-refractivity contribution in [1.29, 1.82) is 0 Å². The van der Waals surface area contributed by atoms with Gasteiger partial charge in [0.2, 0.25) is 0 Å². The average Bonchev–Trinajstić information content (AvgIpc) is 2.76. The minimum absolute atomic E-state index is 0.0274. The molecule has 3 aliphatic carbocycles. The molecule has 0 radical (unpaired) electrons. The molecule has 0 spiro atoms. The number of fused-ring (bicyclic) bond motifs is 3. The van der Waals surface area contributed by atoms with Crippen LogP contribution in [0.3, 0.4) is 0 Å². The van der Waals surface area contributed by atoms with Crippen molar-refractivity contribution in [1.82, 2.24) is 15.6 Å². The molecule has 3 N–H and O–H groups in total. The van der Waals surface area contributed by atoms with Gasteiger partial charge in [0.15, 0.2) is 6.61 Å². The smallest absolute Gasteiger partial charge is 0.270 e. The molecule has 2 aromatic rings. The summed E-state index contributed by atoms with van der Waals surface area (Å²) in [7, 11) is 0. The Kier molecular flexibility index (Phi) is 6.05. The van der Waals surface area contributed by atoms with E-state index in [1.165, 1.54) is 18.3 Å². The highest BCUT2D eigenvalue weighted by Gasteiger charge is 2.55. The first-order valence-electron chi connectivity index (χ1n) is 10.2. The van der Waals surface area contributed by atoms with Gasteiger partial charge in [-0.15, -0.1) is 0 Å². The number of carbonyl (C=O) groups excluding carboxylic acids is 2. The van der Waals surface area contributed by atoms with Crippen molar-refractivity contribution < 1.29 is 28.2 Å². The van der Waals surface area contributed by atoms with Gasteiger partial charge in [-0.25, -0.2) is 8.78 Å². The lowest BCUT2D eigenvalue weighted by atomic mass is 9.60. The Labute approximate surface area is 188 Å². The van der Waals surface area contributed by atoms with Gasteiger partial charge in [0.05, 0.1) is 16.7 Å². The van der Waals surface area contributed by atoms with E-state index in [0.29, 0.717) is 25.7 Å². The number of benzene rings is 1. The fourth-order valence-electron chi connectivity index (χ4n) is 4.52. The number of aliphatic hydroxyl groups excluding tert-OH is 1. The van der Waals surface area contributed by atoms with Crippen LogP contribution in [-0.2, 0) is 4.79 Å². The van der Waals surface area contributed by atoms with Gasteiger partial charge in [0, 0.05) is 23.9 Å². The largest absolute Gasteiger partial charge is 0.484 e. The zero-order chi connectivity index (χ0) is 22.9.